The molecule has 2 aromatic rings. The van der Waals surface area contributed by atoms with Crippen molar-refractivity contribution in [2.24, 2.45) is 0 Å². The first-order valence-corrected chi connectivity index (χ1v) is 5.54. The monoisotopic (exact) mass is 268 g/mol. The highest BCUT2D eigenvalue weighted by molar-refractivity contribution is 6.31. The van der Waals surface area contributed by atoms with Crippen molar-refractivity contribution in [3.63, 3.8) is 0 Å². The molecule has 0 saturated heterocycles. The van der Waals surface area contributed by atoms with Gasteiger partial charge in [-0.2, -0.15) is 5.10 Å². The van der Waals surface area contributed by atoms with E-state index in [0.717, 1.165) is 6.07 Å². The van der Waals surface area contributed by atoms with E-state index >= 15 is 0 Å². The molecule has 0 fully saturated rings. The lowest BCUT2D eigenvalue weighted by molar-refractivity contribution is 0.0696. The lowest BCUT2D eigenvalue weighted by atomic mass is 10.2. The zero-order chi connectivity index (χ0) is 13.4. The molecular formula is C12H10ClFN2O2. The predicted molar refractivity (Wildman–Crippen MR) is 65.0 cm³/mol. The van der Waals surface area contributed by atoms with Gasteiger partial charge in [-0.25, -0.2) is 13.9 Å². The van der Waals surface area contributed by atoms with Crippen molar-refractivity contribution in [2.45, 2.75) is 13.8 Å². The number of aryl methyl sites for hydroxylation is 1. The van der Waals surface area contributed by atoms with Crippen LogP contribution in [0, 0.1) is 19.7 Å². The highest BCUT2D eigenvalue weighted by Crippen LogP contribution is 2.24. The van der Waals surface area contributed by atoms with Gasteiger partial charge in [-0.3, -0.25) is 0 Å². The van der Waals surface area contributed by atoms with Gasteiger partial charge in [-0.15, -0.1) is 0 Å². The predicted octanol–water partition coefficient (Wildman–Crippen LogP) is 2.98. The number of hydrogen-bond donors (Lipinski definition) is 1. The fourth-order valence-electron chi connectivity index (χ4n) is 1.67. The molecule has 0 bridgehead atoms. The van der Waals surface area contributed by atoms with Crippen molar-refractivity contribution >= 4 is 17.6 Å². The van der Waals surface area contributed by atoms with E-state index in [-0.39, 0.29) is 11.3 Å². The average Bonchev–Trinajstić information content (AvgIpc) is 2.57. The van der Waals surface area contributed by atoms with Gasteiger partial charge in [0.1, 0.15) is 11.5 Å². The van der Waals surface area contributed by atoms with E-state index in [1.807, 2.05) is 0 Å². The number of aromatic carboxylic acids is 1. The van der Waals surface area contributed by atoms with Crippen molar-refractivity contribution in [1.82, 2.24) is 9.78 Å². The first kappa shape index (κ1) is 12.6. The molecule has 0 amide bonds. The van der Waals surface area contributed by atoms with E-state index in [0.29, 0.717) is 16.4 Å². The Kier molecular flexibility index (Phi) is 3.09. The molecule has 18 heavy (non-hydrogen) atoms. The fraction of sp³-hybridized carbons (Fsp3) is 0.167. The molecule has 0 radical (unpaired) electrons. The summed E-state index contributed by atoms with van der Waals surface area (Å²) in [5, 5.41) is 13.3. The van der Waals surface area contributed by atoms with E-state index in [1.54, 1.807) is 13.8 Å². The van der Waals surface area contributed by atoms with Gasteiger partial charge in [0.2, 0.25) is 0 Å². The van der Waals surface area contributed by atoms with Crippen LogP contribution in [0.4, 0.5) is 4.39 Å². The normalized spacial score (nSPS) is 10.7. The minimum Gasteiger partial charge on any atom is -0.478 e. The van der Waals surface area contributed by atoms with Gasteiger partial charge in [-0.1, -0.05) is 11.6 Å². The van der Waals surface area contributed by atoms with E-state index in [9.17, 15) is 9.18 Å². The van der Waals surface area contributed by atoms with Gasteiger partial charge >= 0.3 is 5.97 Å². The number of carboxylic acid groups (broad SMARTS) is 1. The zero-order valence-electron chi connectivity index (χ0n) is 9.74. The first-order valence-electron chi connectivity index (χ1n) is 5.16. The molecule has 1 heterocycles. The summed E-state index contributed by atoms with van der Waals surface area (Å²) in [5.41, 5.74) is 1.27. The number of carboxylic acids is 1. The van der Waals surface area contributed by atoms with Crippen LogP contribution in [0.15, 0.2) is 18.2 Å². The molecule has 4 nitrogen and oxygen atoms in total. The minimum absolute atomic E-state index is 0.108. The highest BCUT2D eigenvalue weighted by atomic mass is 35.5. The van der Waals surface area contributed by atoms with Crippen LogP contribution in [0.1, 0.15) is 21.7 Å². The lowest BCUT2D eigenvalue weighted by Gasteiger charge is -2.06. The maximum atomic E-state index is 13.8. The highest BCUT2D eigenvalue weighted by Gasteiger charge is 2.15. The van der Waals surface area contributed by atoms with Crippen molar-refractivity contribution < 1.29 is 14.3 Å². The van der Waals surface area contributed by atoms with E-state index in [1.165, 1.54) is 16.8 Å². The Morgan fingerprint density at radius 3 is 2.56 bits per heavy atom. The molecule has 1 aromatic heterocycles. The van der Waals surface area contributed by atoms with Crippen LogP contribution in [-0.2, 0) is 0 Å². The van der Waals surface area contributed by atoms with Crippen LogP contribution in [-0.4, -0.2) is 20.9 Å². The van der Waals surface area contributed by atoms with Gasteiger partial charge in [-0.05, 0) is 32.0 Å². The van der Waals surface area contributed by atoms with Gasteiger partial charge in [0.05, 0.1) is 22.0 Å². The molecule has 0 spiro atoms. The van der Waals surface area contributed by atoms with Gasteiger partial charge in [0.25, 0.3) is 0 Å². The van der Waals surface area contributed by atoms with Crippen LogP contribution < -0.4 is 0 Å². The summed E-state index contributed by atoms with van der Waals surface area (Å²) >= 11 is 5.98. The van der Waals surface area contributed by atoms with E-state index < -0.39 is 11.8 Å². The zero-order valence-corrected chi connectivity index (χ0v) is 10.5. The second kappa shape index (κ2) is 4.42. The van der Waals surface area contributed by atoms with Crippen LogP contribution >= 0.6 is 11.6 Å². The Hall–Kier alpha value is -1.88. The summed E-state index contributed by atoms with van der Waals surface area (Å²) in [6, 6.07) is 3.65. The van der Waals surface area contributed by atoms with Crippen molar-refractivity contribution in [1.29, 1.82) is 0 Å². The number of benzene rings is 1. The smallest absolute Gasteiger partial charge is 0.335 e. The standard InChI is InChI=1S/C12H10ClFN2O2/c1-6-11(13)7(2)16(15-6)10-4-3-8(12(17)18)5-9(10)14/h3-5H,1-2H3,(H,17,18). The third-order valence-corrected chi connectivity index (χ3v) is 3.17. The fourth-order valence-corrected chi connectivity index (χ4v) is 1.79. The second-order valence-electron chi connectivity index (χ2n) is 3.87. The molecule has 0 saturated carbocycles. The van der Waals surface area contributed by atoms with Crippen molar-refractivity contribution in [3.05, 3.63) is 46.0 Å². The van der Waals surface area contributed by atoms with Crippen molar-refractivity contribution in [3.8, 4) is 5.69 Å². The summed E-state index contributed by atoms with van der Waals surface area (Å²) < 4.78 is 15.2. The summed E-state index contributed by atoms with van der Waals surface area (Å²) in [6.45, 7) is 3.43. The van der Waals surface area contributed by atoms with Crippen LogP contribution in [0.2, 0.25) is 5.02 Å². The maximum Gasteiger partial charge on any atom is 0.335 e. The number of aromatic nitrogens is 2. The largest absolute Gasteiger partial charge is 0.478 e. The molecular weight excluding hydrogens is 259 g/mol. The maximum absolute atomic E-state index is 13.8. The number of nitrogens with zero attached hydrogens (tertiary/aromatic N) is 2. The Morgan fingerprint density at radius 1 is 1.44 bits per heavy atom. The molecule has 0 aliphatic rings. The first-order chi connectivity index (χ1) is 8.41. The lowest BCUT2D eigenvalue weighted by Crippen LogP contribution is -2.04. The van der Waals surface area contributed by atoms with Gasteiger partial charge in [0, 0.05) is 0 Å². The third-order valence-electron chi connectivity index (χ3n) is 2.63. The number of carbonyl (C=O) groups is 1. The summed E-state index contributed by atoms with van der Waals surface area (Å²) in [7, 11) is 0. The van der Waals surface area contributed by atoms with Crippen molar-refractivity contribution in [2.75, 3.05) is 0 Å². The van der Waals surface area contributed by atoms with Gasteiger partial charge in [0.15, 0.2) is 0 Å². The Bertz CT molecular complexity index is 637. The molecule has 0 unspecified atom stereocenters. The molecule has 0 aliphatic heterocycles. The summed E-state index contributed by atoms with van der Waals surface area (Å²) in [5.74, 6) is -1.83. The van der Waals surface area contributed by atoms with E-state index in [4.69, 9.17) is 16.7 Å². The molecule has 94 valence electrons. The minimum atomic E-state index is -1.17. The van der Waals surface area contributed by atoms with Crippen LogP contribution in [0.25, 0.3) is 5.69 Å². The quantitative estimate of drug-likeness (QED) is 0.911. The second-order valence-corrected chi connectivity index (χ2v) is 4.25. The molecule has 2 rings (SSSR count). The SMILES string of the molecule is Cc1nn(-c2ccc(C(=O)O)cc2F)c(C)c1Cl. The number of hydrogen-bond acceptors (Lipinski definition) is 2. The van der Waals surface area contributed by atoms with Crippen LogP contribution in [0.5, 0.6) is 0 Å². The molecule has 0 atom stereocenters. The van der Waals surface area contributed by atoms with Gasteiger partial charge < -0.3 is 5.11 Å². The molecule has 1 aromatic carbocycles. The van der Waals surface area contributed by atoms with Crippen LogP contribution in [0.3, 0.4) is 0 Å². The number of halogens is 2. The van der Waals surface area contributed by atoms with E-state index in [2.05, 4.69) is 5.10 Å². The average molecular weight is 269 g/mol. The Balaban J connectivity index is 2.58. The third kappa shape index (κ3) is 1.97. The number of rotatable bonds is 2. The molecule has 0 aliphatic carbocycles. The Morgan fingerprint density at radius 2 is 2.11 bits per heavy atom. The Labute approximate surface area is 108 Å². The topological polar surface area (TPSA) is 55.1 Å². The summed E-state index contributed by atoms with van der Waals surface area (Å²) in [4.78, 5) is 10.7. The summed E-state index contributed by atoms with van der Waals surface area (Å²) in [6.07, 6.45) is 0. The molecule has 6 heteroatoms. The molecule has 1 N–H and O–H groups in total.